The Kier molecular flexibility index (Phi) is 9.86. The summed E-state index contributed by atoms with van der Waals surface area (Å²) < 4.78 is 0. The maximum Gasteiger partial charge on any atom is 0.251 e. The summed E-state index contributed by atoms with van der Waals surface area (Å²) in [5.74, 6) is 0.182. The molecule has 1 aromatic rings. The number of primary amides is 1. The van der Waals surface area contributed by atoms with Crippen LogP contribution >= 0.6 is 11.3 Å². The van der Waals surface area contributed by atoms with Crippen LogP contribution in [-0.4, -0.2) is 11.8 Å². The minimum atomic E-state index is -0.417. The van der Waals surface area contributed by atoms with Gasteiger partial charge in [0.2, 0.25) is 5.91 Å². The first-order valence-electron chi connectivity index (χ1n) is 12.0. The molecule has 0 saturated heterocycles. The molecule has 1 heterocycles. The summed E-state index contributed by atoms with van der Waals surface area (Å²) in [7, 11) is 0. The second-order valence-electron chi connectivity index (χ2n) is 10.0. The molecule has 1 aromatic heterocycles. The third-order valence-electron chi connectivity index (χ3n) is 6.50. The van der Waals surface area contributed by atoms with Crippen LogP contribution in [0, 0.1) is 11.3 Å². The monoisotopic (exact) mass is 434 g/mol. The Labute approximate surface area is 187 Å². The maximum atomic E-state index is 12.5. The van der Waals surface area contributed by atoms with E-state index in [1.165, 1.54) is 49.8 Å². The standard InChI is InChI=1S/C25H42N2O2S/c1-5-6-7-8-9-10-11-12-13-14-21(28)27-24-22(23(26)29)19-16-15-18(25(2,3)4)17-20(19)30-24/h18H,5-17H2,1-4H3,(H2,26,29)(H,27,28). The molecule has 0 aliphatic heterocycles. The Morgan fingerprint density at radius 1 is 1.03 bits per heavy atom. The van der Waals surface area contributed by atoms with Crippen LogP contribution in [0.2, 0.25) is 0 Å². The SMILES string of the molecule is CCCCCCCCCCCC(=O)Nc1sc2c(c1C(N)=O)CCC(C(C)(C)C)C2. The van der Waals surface area contributed by atoms with Gasteiger partial charge in [-0.15, -0.1) is 11.3 Å². The lowest BCUT2D eigenvalue weighted by molar-refractivity contribution is -0.116. The number of thiophene rings is 1. The molecule has 0 saturated carbocycles. The molecule has 1 atom stereocenters. The largest absolute Gasteiger partial charge is 0.365 e. The van der Waals surface area contributed by atoms with Crippen LogP contribution in [0.1, 0.15) is 119 Å². The first-order chi connectivity index (χ1) is 14.2. The molecule has 0 spiro atoms. The zero-order valence-corrected chi connectivity index (χ0v) is 20.4. The van der Waals surface area contributed by atoms with E-state index in [0.717, 1.165) is 37.7 Å². The van der Waals surface area contributed by atoms with Crippen molar-refractivity contribution in [2.75, 3.05) is 5.32 Å². The van der Waals surface area contributed by atoms with Crippen molar-refractivity contribution >= 4 is 28.2 Å². The number of amides is 2. The highest BCUT2D eigenvalue weighted by atomic mass is 32.1. The van der Waals surface area contributed by atoms with Crippen molar-refractivity contribution in [2.24, 2.45) is 17.1 Å². The molecular weight excluding hydrogens is 392 g/mol. The topological polar surface area (TPSA) is 72.2 Å². The molecule has 4 nitrogen and oxygen atoms in total. The highest BCUT2D eigenvalue weighted by molar-refractivity contribution is 7.17. The van der Waals surface area contributed by atoms with Crippen LogP contribution < -0.4 is 11.1 Å². The van der Waals surface area contributed by atoms with Crippen molar-refractivity contribution in [3.63, 3.8) is 0 Å². The van der Waals surface area contributed by atoms with Crippen molar-refractivity contribution in [3.05, 3.63) is 16.0 Å². The Hall–Kier alpha value is -1.36. The smallest absolute Gasteiger partial charge is 0.251 e. The zero-order chi connectivity index (χ0) is 22.1. The Morgan fingerprint density at radius 2 is 1.63 bits per heavy atom. The maximum absolute atomic E-state index is 12.5. The van der Waals surface area contributed by atoms with Crippen molar-refractivity contribution in [1.29, 1.82) is 0 Å². The van der Waals surface area contributed by atoms with Crippen LogP contribution in [0.5, 0.6) is 0 Å². The fourth-order valence-corrected chi connectivity index (χ4v) is 5.81. The zero-order valence-electron chi connectivity index (χ0n) is 19.6. The van der Waals surface area contributed by atoms with Gasteiger partial charge in [0, 0.05) is 11.3 Å². The lowest BCUT2D eigenvalue weighted by atomic mass is 9.72. The van der Waals surface area contributed by atoms with E-state index in [2.05, 4.69) is 33.0 Å². The molecule has 5 heteroatoms. The molecule has 1 aliphatic rings. The highest BCUT2D eigenvalue weighted by Gasteiger charge is 2.33. The van der Waals surface area contributed by atoms with Gasteiger partial charge in [0.1, 0.15) is 5.00 Å². The Balaban J connectivity index is 1.83. The van der Waals surface area contributed by atoms with Crippen molar-refractivity contribution in [3.8, 4) is 0 Å². The number of hydrogen-bond acceptors (Lipinski definition) is 3. The van der Waals surface area contributed by atoms with E-state index in [0.29, 0.717) is 22.9 Å². The van der Waals surface area contributed by atoms with Gasteiger partial charge in [-0.25, -0.2) is 0 Å². The number of anilines is 1. The van der Waals surface area contributed by atoms with E-state index in [4.69, 9.17) is 5.73 Å². The van der Waals surface area contributed by atoms with Crippen molar-refractivity contribution in [2.45, 2.75) is 111 Å². The van der Waals surface area contributed by atoms with E-state index in [9.17, 15) is 9.59 Å². The van der Waals surface area contributed by atoms with Gasteiger partial charge in [0.05, 0.1) is 5.56 Å². The van der Waals surface area contributed by atoms with E-state index >= 15 is 0 Å². The quantitative estimate of drug-likeness (QED) is 0.353. The number of carbonyl (C=O) groups excluding carboxylic acids is 2. The summed E-state index contributed by atoms with van der Waals surface area (Å²) in [5, 5.41) is 3.68. The Morgan fingerprint density at radius 3 is 2.20 bits per heavy atom. The van der Waals surface area contributed by atoms with Gasteiger partial charge < -0.3 is 11.1 Å². The first-order valence-corrected chi connectivity index (χ1v) is 12.8. The number of unbranched alkanes of at least 4 members (excludes halogenated alkanes) is 8. The van der Waals surface area contributed by atoms with E-state index < -0.39 is 5.91 Å². The summed E-state index contributed by atoms with van der Waals surface area (Å²) in [4.78, 5) is 25.8. The van der Waals surface area contributed by atoms with Crippen LogP contribution in [0.25, 0.3) is 0 Å². The minimum Gasteiger partial charge on any atom is -0.365 e. The highest BCUT2D eigenvalue weighted by Crippen LogP contribution is 2.44. The number of nitrogens with one attached hydrogen (secondary N) is 1. The summed E-state index contributed by atoms with van der Waals surface area (Å²) in [6, 6.07) is 0. The molecule has 0 aromatic carbocycles. The van der Waals surface area contributed by atoms with Crippen molar-refractivity contribution < 1.29 is 9.59 Å². The lowest BCUT2D eigenvalue weighted by Gasteiger charge is -2.33. The molecule has 0 radical (unpaired) electrons. The predicted octanol–water partition coefficient (Wildman–Crippen LogP) is 6.86. The molecule has 2 rings (SSSR count). The van der Waals surface area contributed by atoms with Crippen molar-refractivity contribution in [1.82, 2.24) is 0 Å². The van der Waals surface area contributed by atoms with Gasteiger partial charge in [-0.1, -0.05) is 79.1 Å². The molecule has 1 unspecified atom stereocenters. The van der Waals surface area contributed by atoms with E-state index in [1.54, 1.807) is 11.3 Å². The lowest BCUT2D eigenvalue weighted by Crippen LogP contribution is -2.27. The molecule has 30 heavy (non-hydrogen) atoms. The number of rotatable bonds is 12. The molecule has 1 aliphatic carbocycles. The second-order valence-corrected chi connectivity index (χ2v) is 11.1. The van der Waals surface area contributed by atoms with Gasteiger partial charge >= 0.3 is 0 Å². The number of hydrogen-bond donors (Lipinski definition) is 2. The van der Waals surface area contributed by atoms with Gasteiger partial charge in [-0.2, -0.15) is 0 Å². The van der Waals surface area contributed by atoms with Crippen LogP contribution in [-0.2, 0) is 17.6 Å². The summed E-state index contributed by atoms with van der Waals surface area (Å²) in [5.41, 5.74) is 7.57. The first kappa shape index (κ1) is 24.9. The van der Waals surface area contributed by atoms with Crippen LogP contribution in [0.3, 0.4) is 0 Å². The predicted molar refractivity (Wildman–Crippen MR) is 128 cm³/mol. The number of carbonyl (C=O) groups is 2. The van der Waals surface area contributed by atoms with E-state index in [1.807, 2.05) is 0 Å². The molecule has 0 bridgehead atoms. The normalized spacial score (nSPS) is 16.3. The van der Waals surface area contributed by atoms with Gasteiger partial charge in [-0.3, -0.25) is 9.59 Å². The molecular formula is C25H42N2O2S. The molecule has 3 N–H and O–H groups in total. The van der Waals surface area contributed by atoms with Crippen LogP contribution in [0.4, 0.5) is 5.00 Å². The fraction of sp³-hybridized carbons (Fsp3) is 0.760. The Bertz CT molecular complexity index is 703. The second kappa shape index (κ2) is 11.9. The average Bonchev–Trinajstić information content (AvgIpc) is 3.03. The fourth-order valence-electron chi connectivity index (χ4n) is 4.46. The third kappa shape index (κ3) is 7.40. The summed E-state index contributed by atoms with van der Waals surface area (Å²) in [6.45, 7) is 9.07. The summed E-state index contributed by atoms with van der Waals surface area (Å²) in [6.07, 6.45) is 14.5. The van der Waals surface area contributed by atoms with E-state index in [-0.39, 0.29) is 11.3 Å². The molecule has 170 valence electrons. The minimum absolute atomic E-state index is 0.00594. The van der Waals surface area contributed by atoms with Gasteiger partial charge in [0.15, 0.2) is 0 Å². The summed E-state index contributed by atoms with van der Waals surface area (Å²) >= 11 is 1.56. The van der Waals surface area contributed by atoms with Gasteiger partial charge in [0.25, 0.3) is 5.91 Å². The van der Waals surface area contributed by atoms with Crippen LogP contribution in [0.15, 0.2) is 0 Å². The number of nitrogens with two attached hydrogens (primary N) is 1. The number of fused-ring (bicyclic) bond motifs is 1. The third-order valence-corrected chi connectivity index (χ3v) is 7.67. The molecule has 0 fully saturated rings. The average molecular weight is 435 g/mol. The molecule has 2 amide bonds. The van der Waals surface area contributed by atoms with Gasteiger partial charge in [-0.05, 0) is 42.6 Å².